The molecule has 0 saturated carbocycles. The number of aliphatic carboxylic acids is 2. The Balaban J connectivity index is 3.66. The predicted octanol–water partition coefficient (Wildman–Crippen LogP) is 4.15. The van der Waals surface area contributed by atoms with Crippen LogP contribution in [0.1, 0.15) is 136 Å². The highest BCUT2D eigenvalue weighted by molar-refractivity contribution is 5.84. The number of nitrogens with one attached hydrogen (secondary N) is 3. The SMILES string of the molecule is CC(=O)[C@@H](C)CCCCNC(=O)COCCOCCCC(=O)COCCOCCNC(=O)CC[C@H](NC(=O)CCCCCCCCCCCCC(=O)O)C(=O)O. The number of hydrogen-bond acceptors (Lipinski definition) is 11. The first-order chi connectivity index (χ1) is 26.9. The molecule has 0 aromatic rings. The fraction of sp³-hybridized carbons (Fsp3) is 0.825. The first kappa shape index (κ1) is 52.5. The normalized spacial score (nSPS) is 12.1. The fourth-order valence-corrected chi connectivity index (χ4v) is 5.42. The molecule has 0 aliphatic carbocycles. The largest absolute Gasteiger partial charge is 0.481 e. The van der Waals surface area contributed by atoms with Crippen molar-refractivity contribution in [3.8, 4) is 0 Å². The molecule has 0 rings (SSSR count). The number of carbonyl (C=O) groups excluding carboxylic acids is 5. The Morgan fingerprint density at radius 3 is 1.66 bits per heavy atom. The molecular formula is C40H71N3O13. The van der Waals surface area contributed by atoms with E-state index in [-0.39, 0.29) is 107 Å². The fourth-order valence-electron chi connectivity index (χ4n) is 5.42. The Labute approximate surface area is 333 Å². The van der Waals surface area contributed by atoms with Gasteiger partial charge in [-0.2, -0.15) is 0 Å². The number of amides is 3. The zero-order valence-corrected chi connectivity index (χ0v) is 34.0. The van der Waals surface area contributed by atoms with Gasteiger partial charge in [0.05, 0.1) is 33.0 Å². The number of Topliss-reactive ketones (excluding diaryl/α,β-unsaturated/α-hetero) is 2. The molecule has 5 N–H and O–H groups in total. The lowest BCUT2D eigenvalue weighted by atomic mass is 10.0. The molecule has 0 aliphatic rings. The van der Waals surface area contributed by atoms with Crippen LogP contribution in [0.2, 0.25) is 0 Å². The van der Waals surface area contributed by atoms with Gasteiger partial charge >= 0.3 is 11.9 Å². The van der Waals surface area contributed by atoms with Crippen LogP contribution in [0.4, 0.5) is 0 Å². The standard InChI is InChI=1S/C40H71N3O13/c1-32(33(2)44)16-13-14-22-41-38(48)31-56-29-26-53-24-15-17-34(45)30-55-28-27-54-25-23-42-36(46)21-20-35(40(51)52)43-37(47)18-11-9-7-5-3-4-6-8-10-12-19-39(49)50/h32,35H,3-31H2,1-2H3,(H,41,48)(H,42,46)(H,43,47)(H,49,50)(H,51,52)/t32-,35-/m0/s1. The van der Waals surface area contributed by atoms with Crippen LogP contribution in [0.5, 0.6) is 0 Å². The van der Waals surface area contributed by atoms with Crippen LogP contribution in [-0.4, -0.2) is 123 Å². The van der Waals surface area contributed by atoms with Gasteiger partial charge in [-0.05, 0) is 45.4 Å². The molecule has 0 bridgehead atoms. The van der Waals surface area contributed by atoms with Crippen molar-refractivity contribution < 1.29 is 62.7 Å². The van der Waals surface area contributed by atoms with Gasteiger partial charge in [0.1, 0.15) is 25.0 Å². The van der Waals surface area contributed by atoms with Gasteiger partial charge in [0.25, 0.3) is 0 Å². The molecule has 0 aliphatic heterocycles. The van der Waals surface area contributed by atoms with Crippen LogP contribution in [0.15, 0.2) is 0 Å². The van der Waals surface area contributed by atoms with E-state index >= 15 is 0 Å². The van der Waals surface area contributed by atoms with Gasteiger partial charge in [-0.15, -0.1) is 0 Å². The summed E-state index contributed by atoms with van der Waals surface area (Å²) >= 11 is 0. The molecule has 0 aromatic carbocycles. The molecule has 0 spiro atoms. The van der Waals surface area contributed by atoms with Crippen LogP contribution in [-0.2, 0) is 52.5 Å². The monoisotopic (exact) mass is 801 g/mol. The number of hydrogen-bond donors (Lipinski definition) is 5. The summed E-state index contributed by atoms with van der Waals surface area (Å²) < 4.78 is 21.5. The molecule has 2 atom stereocenters. The van der Waals surface area contributed by atoms with E-state index in [0.29, 0.717) is 39.0 Å². The number of carbonyl (C=O) groups is 7. The highest BCUT2D eigenvalue weighted by Gasteiger charge is 2.20. The zero-order valence-electron chi connectivity index (χ0n) is 34.0. The van der Waals surface area contributed by atoms with Crippen LogP contribution in [0.3, 0.4) is 0 Å². The summed E-state index contributed by atoms with van der Waals surface area (Å²) in [5, 5.41) is 26.1. The van der Waals surface area contributed by atoms with Gasteiger partial charge in [0.2, 0.25) is 17.7 Å². The van der Waals surface area contributed by atoms with Crippen molar-refractivity contribution in [3.05, 3.63) is 0 Å². The second-order valence-electron chi connectivity index (χ2n) is 14.1. The van der Waals surface area contributed by atoms with Crippen LogP contribution >= 0.6 is 0 Å². The topological polar surface area (TPSA) is 233 Å². The first-order valence-corrected chi connectivity index (χ1v) is 20.5. The second kappa shape index (κ2) is 37.1. The van der Waals surface area contributed by atoms with Crippen molar-refractivity contribution in [2.24, 2.45) is 5.92 Å². The third-order valence-corrected chi connectivity index (χ3v) is 8.97. The summed E-state index contributed by atoms with van der Waals surface area (Å²) in [4.78, 5) is 81.5. The predicted molar refractivity (Wildman–Crippen MR) is 209 cm³/mol. The maximum Gasteiger partial charge on any atom is 0.326 e. The Bertz CT molecular complexity index is 1110. The molecule has 0 fully saturated rings. The van der Waals surface area contributed by atoms with E-state index in [4.69, 9.17) is 24.1 Å². The summed E-state index contributed by atoms with van der Waals surface area (Å²) in [5.41, 5.74) is 0. The van der Waals surface area contributed by atoms with E-state index in [0.717, 1.165) is 77.0 Å². The summed E-state index contributed by atoms with van der Waals surface area (Å²) in [6.07, 6.45) is 13.4. The molecule has 16 nitrogen and oxygen atoms in total. The number of carboxylic acid groups (broad SMARTS) is 2. The van der Waals surface area contributed by atoms with Crippen molar-refractivity contribution in [1.29, 1.82) is 0 Å². The molecule has 0 aromatic heterocycles. The molecule has 0 saturated heterocycles. The molecule has 3 amide bonds. The number of unbranched alkanes of at least 4 members (excludes halogenated alkanes) is 10. The molecular weight excluding hydrogens is 730 g/mol. The minimum absolute atomic E-state index is 0.0290. The van der Waals surface area contributed by atoms with Crippen molar-refractivity contribution in [1.82, 2.24) is 16.0 Å². The number of ketones is 2. The van der Waals surface area contributed by atoms with Crippen molar-refractivity contribution in [3.63, 3.8) is 0 Å². The summed E-state index contributed by atoms with van der Waals surface area (Å²) in [7, 11) is 0. The highest BCUT2D eigenvalue weighted by atomic mass is 16.5. The van der Waals surface area contributed by atoms with E-state index in [1.807, 2.05) is 6.92 Å². The maximum absolute atomic E-state index is 12.2. The van der Waals surface area contributed by atoms with E-state index in [1.165, 1.54) is 0 Å². The maximum atomic E-state index is 12.2. The average molecular weight is 802 g/mol. The van der Waals surface area contributed by atoms with Crippen molar-refractivity contribution >= 4 is 41.2 Å². The second-order valence-corrected chi connectivity index (χ2v) is 14.1. The Kier molecular flexibility index (Phi) is 34.8. The third kappa shape index (κ3) is 36.2. The zero-order chi connectivity index (χ0) is 41.7. The number of ether oxygens (including phenoxy) is 4. The van der Waals surface area contributed by atoms with E-state index in [9.17, 15) is 38.7 Å². The average Bonchev–Trinajstić information content (AvgIpc) is 3.15. The van der Waals surface area contributed by atoms with Crippen LogP contribution < -0.4 is 16.0 Å². The van der Waals surface area contributed by atoms with Gasteiger partial charge in [0.15, 0.2) is 5.78 Å². The van der Waals surface area contributed by atoms with Crippen molar-refractivity contribution in [2.45, 2.75) is 142 Å². The van der Waals surface area contributed by atoms with Gasteiger partial charge in [-0.3, -0.25) is 28.8 Å². The van der Waals surface area contributed by atoms with Crippen LogP contribution in [0, 0.1) is 5.92 Å². The quantitative estimate of drug-likeness (QED) is 0.0548. The highest BCUT2D eigenvalue weighted by Crippen LogP contribution is 2.12. The molecule has 324 valence electrons. The Morgan fingerprint density at radius 2 is 1.05 bits per heavy atom. The van der Waals surface area contributed by atoms with E-state index < -0.39 is 18.0 Å². The lowest BCUT2D eigenvalue weighted by Gasteiger charge is -2.14. The van der Waals surface area contributed by atoms with Gasteiger partial charge in [-0.1, -0.05) is 64.7 Å². The molecule has 0 heterocycles. The molecule has 0 unspecified atom stereocenters. The molecule has 0 radical (unpaired) electrons. The summed E-state index contributed by atoms with van der Waals surface area (Å²) in [6.45, 7) is 5.77. The summed E-state index contributed by atoms with van der Waals surface area (Å²) in [6, 6.07) is -1.14. The lowest BCUT2D eigenvalue weighted by Crippen LogP contribution is -2.41. The minimum Gasteiger partial charge on any atom is -0.481 e. The smallest absolute Gasteiger partial charge is 0.326 e. The lowest BCUT2D eigenvalue weighted by molar-refractivity contribution is -0.142. The van der Waals surface area contributed by atoms with E-state index in [2.05, 4.69) is 16.0 Å². The molecule has 16 heteroatoms. The Morgan fingerprint density at radius 1 is 0.500 bits per heavy atom. The van der Waals surface area contributed by atoms with Gasteiger partial charge < -0.3 is 45.1 Å². The first-order valence-electron chi connectivity index (χ1n) is 20.5. The van der Waals surface area contributed by atoms with Gasteiger partial charge in [-0.25, -0.2) is 4.79 Å². The number of rotatable bonds is 41. The third-order valence-electron chi connectivity index (χ3n) is 8.97. The van der Waals surface area contributed by atoms with Crippen LogP contribution in [0.25, 0.3) is 0 Å². The van der Waals surface area contributed by atoms with Gasteiger partial charge in [0, 0.05) is 51.3 Å². The minimum atomic E-state index is -1.19. The summed E-state index contributed by atoms with van der Waals surface area (Å²) in [5.74, 6) is -2.66. The van der Waals surface area contributed by atoms with Crippen molar-refractivity contribution in [2.75, 3.05) is 65.9 Å². The van der Waals surface area contributed by atoms with E-state index in [1.54, 1.807) is 6.92 Å². The Hall–Kier alpha value is -3.47. The number of carboxylic acids is 2. The molecule has 56 heavy (non-hydrogen) atoms.